The fraction of sp³-hybridized carbons (Fsp3) is 0.571. The van der Waals surface area contributed by atoms with E-state index in [1.807, 2.05) is 0 Å². The quantitative estimate of drug-likeness (QED) is 0.605. The summed E-state index contributed by atoms with van der Waals surface area (Å²) in [6, 6.07) is 5.63. The molecule has 2 rings (SSSR count). The Kier molecular flexibility index (Phi) is 5.32. The number of hydrogen-bond acceptors (Lipinski definition) is 2. The smallest absolute Gasteiger partial charge is 0.302 e. The minimum absolute atomic E-state index is 0.264. The molecule has 0 atom stereocenters. The van der Waals surface area contributed by atoms with Crippen LogP contribution in [0.15, 0.2) is 29.2 Å². The first-order valence-corrected chi connectivity index (χ1v) is 7.61. The zero-order valence-electron chi connectivity index (χ0n) is 11.0. The highest BCUT2D eigenvalue weighted by atomic mass is 32.2. The van der Waals surface area contributed by atoms with E-state index < -0.39 is 17.9 Å². The number of nitrogens with zero attached hydrogens (tertiary/aromatic N) is 1. The highest BCUT2D eigenvalue weighted by molar-refractivity contribution is 7.99. The van der Waals surface area contributed by atoms with Crippen LogP contribution < -0.4 is 0 Å². The monoisotopic (exact) mass is 307 g/mol. The molecule has 1 aromatic rings. The zero-order valence-corrected chi connectivity index (χ0v) is 11.8. The lowest BCUT2D eigenvalue weighted by molar-refractivity contribution is -0.139. The molecule has 1 aliphatic rings. The molecule has 0 aromatic heterocycles. The first kappa shape index (κ1) is 15.6. The lowest BCUT2D eigenvalue weighted by Gasteiger charge is -2.28. The molecule has 0 spiro atoms. The van der Waals surface area contributed by atoms with Gasteiger partial charge in [0.05, 0.1) is 5.56 Å². The first-order valence-electron chi connectivity index (χ1n) is 6.62. The van der Waals surface area contributed by atoms with E-state index in [1.54, 1.807) is 6.07 Å². The molecule has 0 saturated carbocycles. The van der Waals surface area contributed by atoms with Crippen LogP contribution in [0.2, 0.25) is 0 Å². The highest BCUT2D eigenvalue weighted by Gasteiger charge is 2.33. The van der Waals surface area contributed by atoms with Crippen molar-refractivity contribution in [3.63, 3.8) is 0 Å². The van der Waals surface area contributed by atoms with Crippen LogP contribution in [0.3, 0.4) is 0 Å². The molecule has 0 bridgehead atoms. The summed E-state index contributed by atoms with van der Waals surface area (Å²) in [5, 5.41) is 0. The minimum atomic E-state index is -4.31. The van der Waals surface area contributed by atoms with Crippen LogP contribution >= 0.6 is 11.8 Å². The van der Waals surface area contributed by atoms with Crippen molar-refractivity contribution in [2.45, 2.75) is 30.1 Å². The second-order valence-corrected chi connectivity index (χ2v) is 6.00. The predicted molar refractivity (Wildman–Crippen MR) is 72.7 cm³/mol. The molecule has 20 heavy (non-hydrogen) atoms. The second-order valence-electron chi connectivity index (χ2n) is 4.86. The highest BCUT2D eigenvalue weighted by Crippen LogP contribution is 2.36. The molecule has 1 saturated heterocycles. The van der Waals surface area contributed by atoms with E-state index in [-0.39, 0.29) is 4.90 Å². The van der Waals surface area contributed by atoms with Gasteiger partial charge in [-0.2, -0.15) is 13.2 Å². The molecular weight excluding hydrogens is 290 g/mol. The van der Waals surface area contributed by atoms with E-state index in [0.29, 0.717) is 38.2 Å². The molecule has 6 heteroatoms. The summed E-state index contributed by atoms with van der Waals surface area (Å²) < 4.78 is 51.4. The molecule has 0 N–H and O–H groups in total. The third-order valence-corrected chi connectivity index (χ3v) is 4.43. The van der Waals surface area contributed by atoms with E-state index in [9.17, 15) is 17.6 Å². The number of piperidine rings is 1. The van der Waals surface area contributed by atoms with Gasteiger partial charge in [-0.15, -0.1) is 11.8 Å². The van der Waals surface area contributed by atoms with Crippen molar-refractivity contribution in [2.75, 3.05) is 25.4 Å². The van der Waals surface area contributed by atoms with Crippen LogP contribution in [-0.4, -0.2) is 36.5 Å². The Balaban J connectivity index is 1.85. The summed E-state index contributed by atoms with van der Waals surface area (Å²) in [5.41, 5.74) is -0.576. The number of rotatable bonds is 4. The Hall–Kier alpha value is -0.750. The van der Waals surface area contributed by atoms with Crippen molar-refractivity contribution >= 4 is 11.8 Å². The van der Waals surface area contributed by atoms with Crippen LogP contribution in [0.25, 0.3) is 0 Å². The fourth-order valence-corrected chi connectivity index (χ4v) is 3.32. The Morgan fingerprint density at radius 2 is 1.80 bits per heavy atom. The van der Waals surface area contributed by atoms with Crippen LogP contribution in [0.4, 0.5) is 17.6 Å². The summed E-state index contributed by atoms with van der Waals surface area (Å²) in [4.78, 5) is 2.37. The van der Waals surface area contributed by atoms with E-state index in [4.69, 9.17) is 0 Å². The van der Waals surface area contributed by atoms with Gasteiger partial charge in [-0.05, 0) is 25.0 Å². The van der Waals surface area contributed by atoms with Gasteiger partial charge in [0.1, 0.15) is 6.17 Å². The molecule has 0 amide bonds. The van der Waals surface area contributed by atoms with Gasteiger partial charge in [-0.1, -0.05) is 12.1 Å². The molecule has 1 heterocycles. The summed E-state index contributed by atoms with van der Waals surface area (Å²) in [6.07, 6.45) is -3.96. The average molecular weight is 307 g/mol. The van der Waals surface area contributed by atoms with Gasteiger partial charge in [0.25, 0.3) is 0 Å². The maximum absolute atomic E-state index is 13.0. The minimum Gasteiger partial charge on any atom is -0.302 e. The average Bonchev–Trinajstić information content (AvgIpc) is 2.40. The van der Waals surface area contributed by atoms with Gasteiger partial charge >= 0.3 is 6.18 Å². The predicted octanol–water partition coefficient (Wildman–Crippen LogP) is 4.23. The number of hydrogen-bond donors (Lipinski definition) is 0. The summed E-state index contributed by atoms with van der Waals surface area (Å²) in [6.45, 7) is 2.09. The van der Waals surface area contributed by atoms with Crippen molar-refractivity contribution < 1.29 is 17.6 Å². The number of alkyl halides is 4. The third-order valence-electron chi connectivity index (χ3n) is 3.37. The van der Waals surface area contributed by atoms with E-state index >= 15 is 0 Å². The van der Waals surface area contributed by atoms with Gasteiger partial charge in [-0.25, -0.2) is 4.39 Å². The zero-order chi connectivity index (χ0) is 14.6. The standard InChI is InChI=1S/C14H17F4NS/c15-11-5-7-19(8-6-11)9-10-20-13-4-2-1-3-12(13)14(16,17)18/h1-4,11H,5-10H2. The summed E-state index contributed by atoms with van der Waals surface area (Å²) in [5.74, 6) is 0.587. The fourth-order valence-electron chi connectivity index (χ4n) is 2.24. The largest absolute Gasteiger partial charge is 0.417 e. The van der Waals surface area contributed by atoms with E-state index in [2.05, 4.69) is 4.90 Å². The normalized spacial score (nSPS) is 18.4. The maximum Gasteiger partial charge on any atom is 0.417 e. The molecule has 0 radical (unpaired) electrons. The topological polar surface area (TPSA) is 3.24 Å². The lowest BCUT2D eigenvalue weighted by atomic mass is 10.1. The Bertz CT molecular complexity index is 427. The SMILES string of the molecule is FC1CCN(CCSc2ccccc2C(F)(F)F)CC1. The molecule has 1 fully saturated rings. The van der Waals surface area contributed by atoms with Crippen LogP contribution in [0.1, 0.15) is 18.4 Å². The maximum atomic E-state index is 13.0. The van der Waals surface area contributed by atoms with Crippen LogP contribution in [0.5, 0.6) is 0 Å². The Morgan fingerprint density at radius 1 is 1.15 bits per heavy atom. The third kappa shape index (κ3) is 4.38. The van der Waals surface area contributed by atoms with E-state index in [0.717, 1.165) is 6.07 Å². The van der Waals surface area contributed by atoms with Gasteiger partial charge in [0.2, 0.25) is 0 Å². The molecular formula is C14H17F4NS. The second kappa shape index (κ2) is 6.80. The van der Waals surface area contributed by atoms with Crippen molar-refractivity contribution in [1.29, 1.82) is 0 Å². The van der Waals surface area contributed by atoms with Gasteiger partial charge in [0.15, 0.2) is 0 Å². The van der Waals surface area contributed by atoms with Gasteiger partial charge < -0.3 is 4.90 Å². The molecule has 112 valence electrons. The number of halogens is 4. The summed E-state index contributed by atoms with van der Waals surface area (Å²) >= 11 is 1.21. The van der Waals surface area contributed by atoms with Crippen molar-refractivity contribution in [3.8, 4) is 0 Å². The molecule has 1 aliphatic heterocycles. The Morgan fingerprint density at radius 3 is 2.45 bits per heavy atom. The Labute approximate surface area is 120 Å². The molecule has 0 aliphatic carbocycles. The lowest BCUT2D eigenvalue weighted by Crippen LogP contribution is -2.35. The first-order chi connectivity index (χ1) is 9.47. The molecule has 1 aromatic carbocycles. The van der Waals surface area contributed by atoms with Crippen molar-refractivity contribution in [2.24, 2.45) is 0 Å². The van der Waals surface area contributed by atoms with Crippen LogP contribution in [0, 0.1) is 0 Å². The van der Waals surface area contributed by atoms with Crippen LogP contribution in [-0.2, 0) is 6.18 Å². The number of thioether (sulfide) groups is 1. The summed E-state index contributed by atoms with van der Waals surface area (Å²) in [7, 11) is 0. The van der Waals surface area contributed by atoms with E-state index in [1.165, 1.54) is 23.9 Å². The van der Waals surface area contributed by atoms with Gasteiger partial charge in [0, 0.05) is 30.3 Å². The number of benzene rings is 1. The van der Waals surface area contributed by atoms with Gasteiger partial charge in [-0.3, -0.25) is 0 Å². The number of likely N-dealkylation sites (tertiary alicyclic amines) is 1. The molecule has 0 unspecified atom stereocenters. The van der Waals surface area contributed by atoms with Crippen molar-refractivity contribution in [3.05, 3.63) is 29.8 Å². The molecule has 1 nitrogen and oxygen atoms in total. The van der Waals surface area contributed by atoms with Crippen molar-refractivity contribution in [1.82, 2.24) is 4.90 Å².